The van der Waals surface area contributed by atoms with E-state index in [1.54, 1.807) is 6.26 Å². The fraction of sp³-hybridized carbons (Fsp3) is 0.400. The van der Waals surface area contributed by atoms with Crippen LogP contribution in [0.3, 0.4) is 0 Å². The van der Waals surface area contributed by atoms with E-state index in [0.717, 1.165) is 49.9 Å². The predicted octanol–water partition coefficient (Wildman–Crippen LogP) is 1.46. The molecule has 0 bridgehead atoms. The summed E-state index contributed by atoms with van der Waals surface area (Å²) in [4.78, 5) is 9.13. The van der Waals surface area contributed by atoms with Crippen molar-refractivity contribution in [2.45, 2.75) is 13.1 Å². The average Bonchev–Trinajstić information content (AvgIpc) is 2.96. The predicted molar refractivity (Wildman–Crippen MR) is 78.3 cm³/mol. The van der Waals surface area contributed by atoms with Crippen LogP contribution in [0.2, 0.25) is 0 Å². The van der Waals surface area contributed by atoms with E-state index >= 15 is 0 Å². The summed E-state index contributed by atoms with van der Waals surface area (Å²) in [6, 6.07) is 8.00. The smallest absolute Gasteiger partial charge is 0.128 e. The van der Waals surface area contributed by atoms with Gasteiger partial charge in [0.1, 0.15) is 11.6 Å². The summed E-state index contributed by atoms with van der Waals surface area (Å²) >= 11 is 0. The van der Waals surface area contributed by atoms with E-state index in [2.05, 4.69) is 20.9 Å². The van der Waals surface area contributed by atoms with Crippen LogP contribution in [0.15, 0.2) is 41.1 Å². The van der Waals surface area contributed by atoms with Crippen molar-refractivity contribution in [3.05, 3.63) is 48.0 Å². The van der Waals surface area contributed by atoms with Crippen LogP contribution >= 0.6 is 0 Å². The Kier molecular flexibility index (Phi) is 3.99. The Morgan fingerprint density at radius 2 is 2.00 bits per heavy atom. The van der Waals surface area contributed by atoms with E-state index < -0.39 is 0 Å². The first-order valence-electron chi connectivity index (χ1n) is 7.00. The molecule has 0 saturated carbocycles. The molecule has 2 N–H and O–H groups in total. The van der Waals surface area contributed by atoms with Crippen molar-refractivity contribution >= 4 is 5.82 Å². The summed E-state index contributed by atoms with van der Waals surface area (Å²) in [6.07, 6.45) is 3.57. The molecule has 2 aromatic rings. The molecule has 106 valence electrons. The third-order valence-electron chi connectivity index (χ3n) is 3.77. The maximum atomic E-state index is 5.70. The van der Waals surface area contributed by atoms with Crippen molar-refractivity contribution in [1.82, 2.24) is 9.88 Å². The number of hydrogen-bond acceptors (Lipinski definition) is 5. The van der Waals surface area contributed by atoms with Crippen molar-refractivity contribution in [2.24, 2.45) is 5.73 Å². The summed E-state index contributed by atoms with van der Waals surface area (Å²) in [7, 11) is 0. The molecule has 0 radical (unpaired) electrons. The zero-order valence-corrected chi connectivity index (χ0v) is 11.5. The highest BCUT2D eigenvalue weighted by Gasteiger charge is 2.19. The van der Waals surface area contributed by atoms with E-state index in [1.165, 1.54) is 0 Å². The molecule has 0 unspecified atom stereocenters. The number of pyridine rings is 1. The molecule has 3 heterocycles. The van der Waals surface area contributed by atoms with Crippen LogP contribution < -0.4 is 10.6 Å². The summed E-state index contributed by atoms with van der Waals surface area (Å²) in [5.74, 6) is 2.06. The molecule has 0 aromatic carbocycles. The minimum absolute atomic E-state index is 0.541. The van der Waals surface area contributed by atoms with E-state index in [4.69, 9.17) is 10.2 Å². The van der Waals surface area contributed by atoms with E-state index in [-0.39, 0.29) is 0 Å². The van der Waals surface area contributed by atoms with Gasteiger partial charge in [0.15, 0.2) is 0 Å². The second-order valence-electron chi connectivity index (χ2n) is 5.02. The Morgan fingerprint density at radius 3 is 2.70 bits per heavy atom. The minimum atomic E-state index is 0.541. The molecule has 1 saturated heterocycles. The zero-order valence-electron chi connectivity index (χ0n) is 11.5. The molecule has 1 aliphatic rings. The lowest BCUT2D eigenvalue weighted by atomic mass is 10.2. The van der Waals surface area contributed by atoms with Gasteiger partial charge in [0.2, 0.25) is 0 Å². The SMILES string of the molecule is NCc1ccoc1CN1CCN(c2ccccn2)CC1. The fourth-order valence-corrected chi connectivity index (χ4v) is 2.57. The largest absolute Gasteiger partial charge is 0.468 e. The van der Waals surface area contributed by atoms with Crippen molar-refractivity contribution in [2.75, 3.05) is 31.1 Å². The summed E-state index contributed by atoms with van der Waals surface area (Å²) in [5, 5.41) is 0. The van der Waals surface area contributed by atoms with Crippen LogP contribution in [0.5, 0.6) is 0 Å². The van der Waals surface area contributed by atoms with Gasteiger partial charge in [-0.3, -0.25) is 4.90 Å². The number of nitrogens with zero attached hydrogens (tertiary/aromatic N) is 3. The quantitative estimate of drug-likeness (QED) is 0.913. The van der Waals surface area contributed by atoms with Gasteiger partial charge in [-0.25, -0.2) is 4.98 Å². The van der Waals surface area contributed by atoms with Gasteiger partial charge in [-0.1, -0.05) is 6.07 Å². The first-order chi connectivity index (χ1) is 9.86. The number of furan rings is 1. The lowest BCUT2D eigenvalue weighted by Crippen LogP contribution is -2.46. The fourth-order valence-electron chi connectivity index (χ4n) is 2.57. The van der Waals surface area contributed by atoms with Crippen LogP contribution in [0.25, 0.3) is 0 Å². The summed E-state index contributed by atoms with van der Waals surface area (Å²) < 4.78 is 5.52. The molecule has 1 fully saturated rings. The third kappa shape index (κ3) is 2.84. The zero-order chi connectivity index (χ0) is 13.8. The summed E-state index contributed by atoms with van der Waals surface area (Å²) in [5.41, 5.74) is 6.81. The Balaban J connectivity index is 1.56. The van der Waals surface area contributed by atoms with E-state index in [1.807, 2.05) is 24.4 Å². The first kappa shape index (κ1) is 13.1. The van der Waals surface area contributed by atoms with Crippen molar-refractivity contribution < 1.29 is 4.42 Å². The van der Waals surface area contributed by atoms with Gasteiger partial charge in [0.25, 0.3) is 0 Å². The van der Waals surface area contributed by atoms with Crippen LogP contribution in [0.4, 0.5) is 5.82 Å². The number of aromatic nitrogens is 1. The molecule has 0 atom stereocenters. The van der Waals surface area contributed by atoms with E-state index in [0.29, 0.717) is 6.54 Å². The van der Waals surface area contributed by atoms with Crippen LogP contribution in [-0.2, 0) is 13.1 Å². The highest BCUT2D eigenvalue weighted by atomic mass is 16.3. The van der Waals surface area contributed by atoms with Gasteiger partial charge in [0.05, 0.1) is 12.8 Å². The first-order valence-corrected chi connectivity index (χ1v) is 7.00. The Labute approximate surface area is 119 Å². The normalized spacial score (nSPS) is 16.6. The molecule has 1 aliphatic heterocycles. The molecule has 0 aliphatic carbocycles. The van der Waals surface area contributed by atoms with Crippen LogP contribution in [0.1, 0.15) is 11.3 Å². The second kappa shape index (κ2) is 6.07. The molecule has 20 heavy (non-hydrogen) atoms. The number of rotatable bonds is 4. The standard InChI is InChI=1S/C15H20N4O/c16-11-13-4-10-20-14(13)12-18-6-8-19(9-7-18)15-3-1-2-5-17-15/h1-5,10H,6-9,11-12,16H2. The maximum Gasteiger partial charge on any atom is 0.128 e. The molecular weight excluding hydrogens is 252 g/mol. The Bertz CT molecular complexity index is 532. The molecule has 0 spiro atoms. The lowest BCUT2D eigenvalue weighted by molar-refractivity contribution is 0.229. The average molecular weight is 272 g/mol. The van der Waals surface area contributed by atoms with Gasteiger partial charge in [-0.05, 0) is 18.2 Å². The lowest BCUT2D eigenvalue weighted by Gasteiger charge is -2.35. The third-order valence-corrected chi connectivity index (χ3v) is 3.77. The number of hydrogen-bond donors (Lipinski definition) is 1. The van der Waals surface area contributed by atoms with Crippen LogP contribution in [-0.4, -0.2) is 36.1 Å². The van der Waals surface area contributed by atoms with Gasteiger partial charge < -0.3 is 15.1 Å². The van der Waals surface area contributed by atoms with Gasteiger partial charge in [0, 0.05) is 44.5 Å². The van der Waals surface area contributed by atoms with Gasteiger partial charge >= 0.3 is 0 Å². The highest BCUT2D eigenvalue weighted by molar-refractivity contribution is 5.38. The molecule has 5 nitrogen and oxygen atoms in total. The molecular formula is C15H20N4O. The van der Waals surface area contributed by atoms with Crippen LogP contribution in [0, 0.1) is 0 Å². The molecule has 3 rings (SSSR count). The van der Waals surface area contributed by atoms with E-state index in [9.17, 15) is 0 Å². The molecule has 0 amide bonds. The Hall–Kier alpha value is -1.85. The minimum Gasteiger partial charge on any atom is -0.468 e. The maximum absolute atomic E-state index is 5.70. The topological polar surface area (TPSA) is 58.5 Å². The van der Waals surface area contributed by atoms with Gasteiger partial charge in [-0.15, -0.1) is 0 Å². The van der Waals surface area contributed by atoms with Crippen molar-refractivity contribution in [1.29, 1.82) is 0 Å². The molecule has 5 heteroatoms. The number of anilines is 1. The second-order valence-corrected chi connectivity index (χ2v) is 5.02. The molecule has 2 aromatic heterocycles. The van der Waals surface area contributed by atoms with Crippen molar-refractivity contribution in [3.63, 3.8) is 0 Å². The number of nitrogens with two attached hydrogens (primary N) is 1. The van der Waals surface area contributed by atoms with Gasteiger partial charge in [-0.2, -0.15) is 0 Å². The summed E-state index contributed by atoms with van der Waals surface area (Å²) in [6.45, 7) is 5.41. The Morgan fingerprint density at radius 1 is 1.15 bits per heavy atom. The number of piperazine rings is 1. The van der Waals surface area contributed by atoms with Crippen molar-refractivity contribution in [3.8, 4) is 0 Å². The highest BCUT2D eigenvalue weighted by Crippen LogP contribution is 2.16. The monoisotopic (exact) mass is 272 g/mol.